The van der Waals surface area contributed by atoms with Gasteiger partial charge in [0.25, 0.3) is 6.47 Å². The average Bonchev–Trinajstić information content (AvgIpc) is 3.05. The van der Waals surface area contributed by atoms with Crippen LogP contribution in [0.25, 0.3) is 0 Å². The number of carbonyl (C=O) groups is 1. The summed E-state index contributed by atoms with van der Waals surface area (Å²) in [5.41, 5.74) is 2.54. The van der Waals surface area contributed by atoms with Crippen molar-refractivity contribution in [3.8, 4) is 0 Å². The first kappa shape index (κ1) is 22.4. The van der Waals surface area contributed by atoms with E-state index in [-0.39, 0.29) is 6.10 Å². The third-order valence-corrected chi connectivity index (χ3v) is 10.5. The third kappa shape index (κ3) is 3.79. The highest BCUT2D eigenvalue weighted by atomic mass is 16.5. The number of rotatable bonds is 7. The van der Waals surface area contributed by atoms with Crippen molar-refractivity contribution in [2.24, 2.45) is 46.3 Å². The molecule has 4 aliphatic rings. The van der Waals surface area contributed by atoms with Gasteiger partial charge in [-0.3, -0.25) is 4.79 Å². The van der Waals surface area contributed by atoms with E-state index >= 15 is 0 Å². The summed E-state index contributed by atoms with van der Waals surface area (Å²) in [6.45, 7) is 13.2. The summed E-state index contributed by atoms with van der Waals surface area (Å²) >= 11 is 0. The molecule has 0 N–H and O–H groups in total. The van der Waals surface area contributed by atoms with E-state index in [1.165, 1.54) is 57.8 Å². The first-order chi connectivity index (χ1) is 14.3. The summed E-state index contributed by atoms with van der Waals surface area (Å²) in [7, 11) is 0. The van der Waals surface area contributed by atoms with Gasteiger partial charge in [-0.25, -0.2) is 0 Å². The molecule has 0 amide bonds. The van der Waals surface area contributed by atoms with Crippen molar-refractivity contribution in [2.75, 3.05) is 0 Å². The number of hydrogen-bond acceptors (Lipinski definition) is 2. The van der Waals surface area contributed by atoms with E-state index in [2.05, 4.69) is 40.7 Å². The Morgan fingerprint density at radius 1 is 1.07 bits per heavy atom. The van der Waals surface area contributed by atoms with Gasteiger partial charge in [-0.05, 0) is 91.3 Å². The molecule has 0 unspecified atom stereocenters. The maximum Gasteiger partial charge on any atom is 0.293 e. The van der Waals surface area contributed by atoms with Crippen molar-refractivity contribution in [3.63, 3.8) is 0 Å². The number of hydrogen-bond donors (Lipinski definition) is 0. The molecule has 3 saturated carbocycles. The first-order valence-electron chi connectivity index (χ1n) is 13.1. The lowest BCUT2D eigenvalue weighted by Gasteiger charge is -2.58. The van der Waals surface area contributed by atoms with Crippen molar-refractivity contribution >= 4 is 6.47 Å². The molecule has 0 heterocycles. The molecule has 0 aromatic heterocycles. The van der Waals surface area contributed by atoms with Crippen molar-refractivity contribution in [1.82, 2.24) is 0 Å². The van der Waals surface area contributed by atoms with E-state index in [1.807, 2.05) is 0 Å². The fraction of sp³-hybridized carbons (Fsp3) is 0.893. The van der Waals surface area contributed by atoms with Crippen LogP contribution in [-0.2, 0) is 9.53 Å². The molecule has 0 bridgehead atoms. The van der Waals surface area contributed by atoms with Crippen molar-refractivity contribution in [1.29, 1.82) is 0 Å². The minimum absolute atomic E-state index is 0.120. The van der Waals surface area contributed by atoms with Crippen LogP contribution in [0.5, 0.6) is 0 Å². The first-order valence-corrected chi connectivity index (χ1v) is 13.1. The highest BCUT2D eigenvalue weighted by Crippen LogP contribution is 2.67. The van der Waals surface area contributed by atoms with Gasteiger partial charge in [-0.1, -0.05) is 65.5 Å². The zero-order valence-electron chi connectivity index (χ0n) is 20.3. The summed E-state index contributed by atoms with van der Waals surface area (Å²) in [4.78, 5) is 10.8. The molecule has 3 fully saturated rings. The number of carbonyl (C=O) groups excluding carboxylic acids is 1. The minimum atomic E-state index is 0.120. The molecule has 0 aromatic carbocycles. The van der Waals surface area contributed by atoms with Crippen LogP contribution in [0.4, 0.5) is 0 Å². The van der Waals surface area contributed by atoms with E-state index in [0.29, 0.717) is 17.3 Å². The summed E-state index contributed by atoms with van der Waals surface area (Å²) in [6.07, 6.45) is 17.2. The molecule has 0 aliphatic heterocycles. The van der Waals surface area contributed by atoms with Crippen LogP contribution < -0.4 is 0 Å². The average molecular weight is 415 g/mol. The van der Waals surface area contributed by atoms with Crippen molar-refractivity contribution in [3.05, 3.63) is 11.6 Å². The van der Waals surface area contributed by atoms with Gasteiger partial charge >= 0.3 is 0 Å². The second-order valence-corrected chi connectivity index (χ2v) is 12.4. The van der Waals surface area contributed by atoms with Crippen molar-refractivity contribution < 1.29 is 9.53 Å². The quantitative estimate of drug-likeness (QED) is 0.317. The molecule has 0 saturated heterocycles. The maximum absolute atomic E-state index is 10.8. The molecular weight excluding hydrogens is 368 g/mol. The second-order valence-electron chi connectivity index (χ2n) is 12.4. The fourth-order valence-corrected chi connectivity index (χ4v) is 8.85. The SMILES string of the molecule is CC(C)CCC[C@H](C)[C@@H]1CC[C@@H]2[C@H]3CC=C4C[C@@H](OC=O)CC[C@]4(C)[C@H]3CC[C@@]21C. The van der Waals surface area contributed by atoms with Gasteiger partial charge in [0.15, 0.2) is 0 Å². The van der Waals surface area contributed by atoms with Gasteiger partial charge in [-0.2, -0.15) is 0 Å². The van der Waals surface area contributed by atoms with Crippen LogP contribution in [0.3, 0.4) is 0 Å². The smallest absolute Gasteiger partial charge is 0.293 e. The van der Waals surface area contributed by atoms with Gasteiger partial charge in [0.05, 0.1) is 0 Å². The van der Waals surface area contributed by atoms with Crippen LogP contribution in [0.1, 0.15) is 105 Å². The number of allylic oxidation sites excluding steroid dienone is 1. The Labute approximate surface area is 185 Å². The predicted molar refractivity (Wildman–Crippen MR) is 124 cm³/mol. The zero-order valence-corrected chi connectivity index (χ0v) is 20.3. The summed E-state index contributed by atoms with van der Waals surface area (Å²) < 4.78 is 5.36. The van der Waals surface area contributed by atoms with E-state index in [1.54, 1.807) is 5.57 Å². The topological polar surface area (TPSA) is 26.3 Å². The predicted octanol–water partition coefficient (Wildman–Crippen LogP) is 7.57. The maximum atomic E-state index is 10.8. The largest absolute Gasteiger partial charge is 0.464 e. The highest BCUT2D eigenvalue weighted by molar-refractivity contribution is 5.38. The van der Waals surface area contributed by atoms with E-state index in [0.717, 1.165) is 48.3 Å². The van der Waals surface area contributed by atoms with E-state index < -0.39 is 0 Å². The lowest BCUT2D eigenvalue weighted by molar-refractivity contribution is -0.136. The van der Waals surface area contributed by atoms with Crippen LogP contribution in [0, 0.1) is 46.3 Å². The second kappa shape index (κ2) is 8.62. The van der Waals surface area contributed by atoms with Crippen LogP contribution >= 0.6 is 0 Å². The Bertz CT molecular complexity index is 651. The molecule has 4 rings (SSSR count). The van der Waals surface area contributed by atoms with Crippen LogP contribution in [0.2, 0.25) is 0 Å². The Kier molecular flexibility index (Phi) is 6.44. The molecule has 0 radical (unpaired) electrons. The molecule has 2 heteroatoms. The van der Waals surface area contributed by atoms with Crippen LogP contribution in [-0.4, -0.2) is 12.6 Å². The lowest BCUT2D eigenvalue weighted by Crippen LogP contribution is -2.51. The van der Waals surface area contributed by atoms with Gasteiger partial charge in [0.1, 0.15) is 6.10 Å². The number of ether oxygens (including phenoxy) is 1. The fourth-order valence-electron chi connectivity index (χ4n) is 8.85. The highest BCUT2D eigenvalue weighted by Gasteiger charge is 2.59. The summed E-state index contributed by atoms with van der Waals surface area (Å²) in [5, 5.41) is 0. The van der Waals surface area contributed by atoms with Crippen molar-refractivity contribution in [2.45, 2.75) is 111 Å². The Morgan fingerprint density at radius 2 is 1.87 bits per heavy atom. The molecule has 0 aromatic rings. The number of fused-ring (bicyclic) bond motifs is 5. The monoisotopic (exact) mass is 414 g/mol. The summed E-state index contributed by atoms with van der Waals surface area (Å²) in [6, 6.07) is 0. The Morgan fingerprint density at radius 3 is 2.60 bits per heavy atom. The van der Waals surface area contributed by atoms with Gasteiger partial charge in [0.2, 0.25) is 0 Å². The molecule has 4 aliphatic carbocycles. The van der Waals surface area contributed by atoms with E-state index in [9.17, 15) is 4.79 Å². The molecule has 0 spiro atoms. The van der Waals surface area contributed by atoms with Gasteiger partial charge < -0.3 is 4.74 Å². The van der Waals surface area contributed by atoms with Gasteiger partial charge in [-0.15, -0.1) is 0 Å². The third-order valence-electron chi connectivity index (χ3n) is 10.5. The normalized spacial score (nSPS) is 43.9. The Hall–Kier alpha value is -0.790. The molecule has 2 nitrogen and oxygen atoms in total. The van der Waals surface area contributed by atoms with Crippen LogP contribution in [0.15, 0.2) is 11.6 Å². The minimum Gasteiger partial charge on any atom is -0.464 e. The molecular formula is C28H46O2. The molecule has 30 heavy (non-hydrogen) atoms. The Balaban J connectivity index is 1.47. The molecule has 170 valence electrons. The standard InChI is InChI=1S/C28H46O2/c1-19(2)7-6-8-20(3)24-11-12-25-23-10-9-21-17-22(30-18-29)13-15-27(21,4)26(23)14-16-28(24,25)5/h9,18-20,22-26H,6-8,10-17H2,1-5H3/t20-,22-,23+,24-,25+,26-,27-,28+/m0/s1. The molecule has 8 atom stereocenters. The van der Waals surface area contributed by atoms with E-state index in [4.69, 9.17) is 4.74 Å². The lowest BCUT2D eigenvalue weighted by atomic mass is 9.47. The zero-order chi connectivity index (χ0) is 21.5. The summed E-state index contributed by atoms with van der Waals surface area (Å²) in [5.74, 6) is 5.32. The van der Waals surface area contributed by atoms with Gasteiger partial charge in [0, 0.05) is 6.42 Å².